The van der Waals surface area contributed by atoms with Gasteiger partial charge in [0.1, 0.15) is 0 Å². The van der Waals surface area contributed by atoms with Crippen molar-refractivity contribution in [2.45, 2.75) is 443 Å². The van der Waals surface area contributed by atoms with Crippen LogP contribution < -0.4 is 5.32 Å². The Morgan fingerprint density at radius 3 is 0.840 bits per heavy atom. The number of ether oxygens (including phenoxy) is 1. The van der Waals surface area contributed by atoms with Crippen LogP contribution in [0.5, 0.6) is 0 Å². The minimum atomic E-state index is -0.843. The predicted molar refractivity (Wildman–Crippen MR) is 357 cm³/mol. The highest BCUT2D eigenvalue weighted by Gasteiger charge is 2.18. The number of aliphatic hydroxyl groups excluding tert-OH is 2. The molecule has 0 fully saturated rings. The van der Waals surface area contributed by atoms with Crippen LogP contribution in [0.1, 0.15) is 431 Å². The Morgan fingerprint density at radius 2 is 0.568 bits per heavy atom. The van der Waals surface area contributed by atoms with Gasteiger partial charge < -0.3 is 20.3 Å². The number of allylic oxidation sites excluding steroid dienone is 1. The first-order chi connectivity index (χ1) is 40.0. The summed E-state index contributed by atoms with van der Waals surface area (Å²) in [7, 11) is 0. The molecular formula is C75H147NO5. The summed E-state index contributed by atoms with van der Waals surface area (Å²) in [5, 5.41) is 23.3. The van der Waals surface area contributed by atoms with Crippen LogP contribution in [0.2, 0.25) is 0 Å². The van der Waals surface area contributed by atoms with Gasteiger partial charge in [-0.3, -0.25) is 9.59 Å². The second-order valence-electron chi connectivity index (χ2n) is 26.0. The smallest absolute Gasteiger partial charge is 0.305 e. The molecule has 1 amide bonds. The van der Waals surface area contributed by atoms with Crippen LogP contribution in [0.15, 0.2) is 12.2 Å². The zero-order valence-electron chi connectivity index (χ0n) is 55.3. The van der Waals surface area contributed by atoms with E-state index in [4.69, 9.17) is 4.74 Å². The zero-order valence-corrected chi connectivity index (χ0v) is 55.3. The van der Waals surface area contributed by atoms with E-state index >= 15 is 0 Å². The molecule has 0 aliphatic heterocycles. The van der Waals surface area contributed by atoms with Crippen LogP contribution >= 0.6 is 0 Å². The van der Waals surface area contributed by atoms with Crippen molar-refractivity contribution < 1.29 is 24.5 Å². The SMILES string of the molecule is CCCCCCCCCCCCCCCCCCCC/C=C/C(O)C(CO)NC(=O)CCCCCCCCCCCCCCCCCCCCCCCCCCCCCOC(=O)CCCCCCCCCCCCCCCCCCC. The fourth-order valence-corrected chi connectivity index (χ4v) is 12.1. The van der Waals surface area contributed by atoms with Gasteiger partial charge in [-0.15, -0.1) is 0 Å². The van der Waals surface area contributed by atoms with Crippen molar-refractivity contribution in [3.05, 3.63) is 12.2 Å². The van der Waals surface area contributed by atoms with Crippen molar-refractivity contribution in [1.82, 2.24) is 5.32 Å². The topological polar surface area (TPSA) is 95.9 Å². The Hall–Kier alpha value is -1.40. The third-order valence-corrected chi connectivity index (χ3v) is 17.8. The molecule has 6 heteroatoms. The molecule has 0 aromatic heterocycles. The van der Waals surface area contributed by atoms with Crippen molar-refractivity contribution in [2.75, 3.05) is 13.2 Å². The number of nitrogens with one attached hydrogen (secondary N) is 1. The van der Waals surface area contributed by atoms with Crippen LogP contribution in [-0.4, -0.2) is 47.4 Å². The lowest BCUT2D eigenvalue weighted by atomic mass is 10.0. The summed E-state index contributed by atoms with van der Waals surface area (Å²) < 4.78 is 5.51. The van der Waals surface area contributed by atoms with E-state index < -0.39 is 12.1 Å². The van der Waals surface area contributed by atoms with Crippen LogP contribution in [0, 0.1) is 0 Å². The first kappa shape index (κ1) is 79.6. The van der Waals surface area contributed by atoms with E-state index in [2.05, 4.69) is 19.2 Å². The van der Waals surface area contributed by atoms with Crippen LogP contribution in [0.3, 0.4) is 0 Å². The molecule has 0 spiro atoms. The lowest BCUT2D eigenvalue weighted by molar-refractivity contribution is -0.143. The first-order valence-electron chi connectivity index (χ1n) is 37.5. The van der Waals surface area contributed by atoms with Gasteiger partial charge >= 0.3 is 5.97 Å². The molecule has 0 aliphatic rings. The summed E-state index contributed by atoms with van der Waals surface area (Å²) in [6, 6.07) is -0.626. The van der Waals surface area contributed by atoms with Crippen LogP contribution in [0.25, 0.3) is 0 Å². The lowest BCUT2D eigenvalue weighted by Crippen LogP contribution is -2.45. The Balaban J connectivity index is 3.35. The van der Waals surface area contributed by atoms with Crippen molar-refractivity contribution in [3.8, 4) is 0 Å². The third-order valence-electron chi connectivity index (χ3n) is 17.8. The molecule has 482 valence electrons. The molecule has 0 heterocycles. The normalized spacial score (nSPS) is 12.5. The molecule has 0 aliphatic carbocycles. The minimum Gasteiger partial charge on any atom is -0.466 e. The quantitative estimate of drug-likeness (QED) is 0.0320. The van der Waals surface area contributed by atoms with E-state index in [0.29, 0.717) is 19.4 Å². The molecule has 0 rings (SSSR count). The average molecular weight is 1140 g/mol. The number of unbranched alkanes of at least 4 members (excludes halogenated alkanes) is 60. The van der Waals surface area contributed by atoms with Gasteiger partial charge in [0.15, 0.2) is 0 Å². The highest BCUT2D eigenvalue weighted by Crippen LogP contribution is 2.20. The molecule has 0 radical (unpaired) electrons. The fraction of sp³-hybridized carbons (Fsp3) is 0.947. The summed E-state index contributed by atoms with van der Waals surface area (Å²) >= 11 is 0. The maximum atomic E-state index is 12.5. The Kier molecular flexibility index (Phi) is 69.9. The van der Waals surface area contributed by atoms with E-state index in [0.717, 1.165) is 38.5 Å². The number of amides is 1. The Bertz CT molecular complexity index is 1220. The molecule has 6 nitrogen and oxygen atoms in total. The number of rotatable bonds is 71. The number of hydrogen-bond donors (Lipinski definition) is 3. The Labute approximate surface area is 508 Å². The van der Waals surface area contributed by atoms with E-state index in [1.54, 1.807) is 6.08 Å². The summed E-state index contributed by atoms with van der Waals surface area (Å²) in [5.41, 5.74) is 0. The van der Waals surface area contributed by atoms with E-state index in [-0.39, 0.29) is 18.5 Å². The summed E-state index contributed by atoms with van der Waals surface area (Å²) in [4.78, 5) is 24.6. The lowest BCUT2D eigenvalue weighted by Gasteiger charge is -2.20. The third kappa shape index (κ3) is 67.6. The molecule has 0 saturated carbocycles. The molecule has 0 aromatic carbocycles. The van der Waals surface area contributed by atoms with E-state index in [1.165, 1.54) is 366 Å². The van der Waals surface area contributed by atoms with Crippen molar-refractivity contribution >= 4 is 11.9 Å². The number of carbonyl (C=O) groups excluding carboxylic acids is 2. The van der Waals surface area contributed by atoms with Gasteiger partial charge in [-0.25, -0.2) is 0 Å². The highest BCUT2D eigenvalue weighted by molar-refractivity contribution is 5.76. The Morgan fingerprint density at radius 1 is 0.333 bits per heavy atom. The monoisotopic (exact) mass is 1140 g/mol. The molecule has 0 aromatic rings. The van der Waals surface area contributed by atoms with Crippen molar-refractivity contribution in [1.29, 1.82) is 0 Å². The fourth-order valence-electron chi connectivity index (χ4n) is 12.1. The van der Waals surface area contributed by atoms with Gasteiger partial charge in [-0.05, 0) is 32.1 Å². The van der Waals surface area contributed by atoms with Gasteiger partial charge in [-0.2, -0.15) is 0 Å². The summed E-state index contributed by atoms with van der Waals surface area (Å²) in [6.45, 7) is 4.96. The molecular weight excluding hydrogens is 995 g/mol. The standard InChI is InChI=1S/C75H147NO5/c1-3-5-7-9-11-13-15-17-19-21-22-32-36-39-43-47-51-55-59-63-67-73(78)72(71-77)76-74(79)68-64-60-56-52-48-44-40-37-33-30-28-26-24-23-25-27-29-31-34-38-42-46-50-54-58-62-66-70-81-75(80)69-65-61-57-53-49-45-41-35-20-18-16-14-12-10-8-6-4-2/h63,67,72-73,77-78H,3-62,64-66,68-71H2,1-2H3,(H,76,79)/b67-63+. The summed E-state index contributed by atoms with van der Waals surface area (Å²) in [5.74, 6) is -0.0376. The molecule has 0 bridgehead atoms. The zero-order chi connectivity index (χ0) is 58.5. The van der Waals surface area contributed by atoms with Gasteiger partial charge in [0.05, 0.1) is 25.4 Å². The highest BCUT2D eigenvalue weighted by atomic mass is 16.5. The van der Waals surface area contributed by atoms with Crippen LogP contribution in [0.4, 0.5) is 0 Å². The minimum absolute atomic E-state index is 0.0229. The number of aliphatic hydroxyl groups is 2. The van der Waals surface area contributed by atoms with Gasteiger partial charge in [-0.1, -0.05) is 398 Å². The molecule has 2 unspecified atom stereocenters. The van der Waals surface area contributed by atoms with Crippen molar-refractivity contribution in [2.24, 2.45) is 0 Å². The average Bonchev–Trinajstić information content (AvgIpc) is 3.47. The van der Waals surface area contributed by atoms with Crippen molar-refractivity contribution in [3.63, 3.8) is 0 Å². The van der Waals surface area contributed by atoms with Crippen LogP contribution in [-0.2, 0) is 14.3 Å². The van der Waals surface area contributed by atoms with Gasteiger partial charge in [0.25, 0.3) is 0 Å². The largest absolute Gasteiger partial charge is 0.466 e. The second kappa shape index (κ2) is 71.1. The predicted octanol–water partition coefficient (Wildman–Crippen LogP) is 24.3. The van der Waals surface area contributed by atoms with Gasteiger partial charge in [0, 0.05) is 12.8 Å². The molecule has 81 heavy (non-hydrogen) atoms. The number of carbonyl (C=O) groups is 2. The van der Waals surface area contributed by atoms with E-state index in [9.17, 15) is 19.8 Å². The molecule has 0 saturated heterocycles. The number of hydrogen-bond acceptors (Lipinski definition) is 5. The van der Waals surface area contributed by atoms with Gasteiger partial charge in [0.2, 0.25) is 5.91 Å². The maximum Gasteiger partial charge on any atom is 0.305 e. The second-order valence-corrected chi connectivity index (χ2v) is 26.0. The molecule has 3 N–H and O–H groups in total. The molecule has 2 atom stereocenters. The maximum absolute atomic E-state index is 12.5. The number of esters is 1. The van der Waals surface area contributed by atoms with E-state index in [1.807, 2.05) is 6.08 Å². The summed E-state index contributed by atoms with van der Waals surface area (Å²) in [6.07, 6.45) is 88.8. The first-order valence-corrected chi connectivity index (χ1v) is 37.5.